The molecule has 1 saturated heterocycles. The van der Waals surface area contributed by atoms with E-state index in [-0.39, 0.29) is 5.91 Å². The molecule has 7 nitrogen and oxygen atoms in total. The number of nitrogens with zero attached hydrogens (tertiary/aromatic N) is 4. The van der Waals surface area contributed by atoms with Crippen LogP contribution in [0.1, 0.15) is 21.6 Å². The SMILES string of the molecule is Cc1ccc2nc(COc3ccc(C(=O)N4CCN(CCOc5ccccc5)CC4)cc3)cn2c1. The summed E-state index contributed by atoms with van der Waals surface area (Å²) in [5, 5.41) is 0. The summed E-state index contributed by atoms with van der Waals surface area (Å²) in [6.45, 7) is 7.08. The fourth-order valence-corrected chi connectivity index (χ4v) is 4.24. The van der Waals surface area contributed by atoms with Gasteiger partial charge in [-0.3, -0.25) is 9.69 Å². The van der Waals surface area contributed by atoms with E-state index in [0.717, 1.165) is 55.6 Å². The zero-order valence-corrected chi connectivity index (χ0v) is 20.0. The van der Waals surface area contributed by atoms with Crippen LogP contribution in [0.15, 0.2) is 79.1 Å². The summed E-state index contributed by atoms with van der Waals surface area (Å²) in [6.07, 6.45) is 4.03. The van der Waals surface area contributed by atoms with E-state index in [1.54, 1.807) is 0 Å². The molecule has 0 N–H and O–H groups in total. The average Bonchev–Trinajstić information content (AvgIpc) is 3.30. The minimum absolute atomic E-state index is 0.0625. The first-order chi connectivity index (χ1) is 17.1. The number of fused-ring (bicyclic) bond motifs is 1. The van der Waals surface area contributed by atoms with Crippen molar-refractivity contribution in [2.24, 2.45) is 0 Å². The molecule has 0 radical (unpaired) electrons. The Kier molecular flexibility index (Phi) is 6.95. The zero-order valence-electron chi connectivity index (χ0n) is 20.0. The maximum Gasteiger partial charge on any atom is 0.253 e. The predicted octanol–water partition coefficient (Wildman–Crippen LogP) is 4.06. The van der Waals surface area contributed by atoms with Crippen molar-refractivity contribution in [2.75, 3.05) is 39.3 Å². The number of carbonyl (C=O) groups is 1. The van der Waals surface area contributed by atoms with Crippen molar-refractivity contribution < 1.29 is 14.3 Å². The number of rotatable bonds is 8. The van der Waals surface area contributed by atoms with E-state index >= 15 is 0 Å². The summed E-state index contributed by atoms with van der Waals surface area (Å²) < 4.78 is 13.7. The number of hydrogen-bond acceptors (Lipinski definition) is 5. The van der Waals surface area contributed by atoms with E-state index in [1.807, 2.05) is 88.4 Å². The highest BCUT2D eigenvalue weighted by atomic mass is 16.5. The van der Waals surface area contributed by atoms with Crippen LogP contribution in [-0.4, -0.2) is 64.4 Å². The molecule has 0 bridgehead atoms. The van der Waals surface area contributed by atoms with Crippen LogP contribution in [0.2, 0.25) is 0 Å². The lowest BCUT2D eigenvalue weighted by Crippen LogP contribution is -2.49. The van der Waals surface area contributed by atoms with Gasteiger partial charge in [-0.25, -0.2) is 4.98 Å². The Morgan fingerprint density at radius 3 is 2.37 bits per heavy atom. The first kappa shape index (κ1) is 22.9. The van der Waals surface area contributed by atoms with Gasteiger partial charge in [-0.2, -0.15) is 0 Å². The van der Waals surface area contributed by atoms with Crippen LogP contribution in [0.5, 0.6) is 11.5 Å². The molecule has 0 saturated carbocycles. The molecule has 35 heavy (non-hydrogen) atoms. The third kappa shape index (κ3) is 5.81. The van der Waals surface area contributed by atoms with Crippen LogP contribution in [0, 0.1) is 6.92 Å². The third-order valence-corrected chi connectivity index (χ3v) is 6.22. The fourth-order valence-electron chi connectivity index (χ4n) is 4.24. The van der Waals surface area contributed by atoms with Crippen molar-refractivity contribution in [2.45, 2.75) is 13.5 Å². The highest BCUT2D eigenvalue weighted by Crippen LogP contribution is 2.17. The van der Waals surface area contributed by atoms with Crippen LogP contribution >= 0.6 is 0 Å². The highest BCUT2D eigenvalue weighted by molar-refractivity contribution is 5.94. The van der Waals surface area contributed by atoms with Gasteiger partial charge in [-0.1, -0.05) is 24.3 Å². The Hall–Kier alpha value is -3.84. The number of aryl methyl sites for hydroxylation is 1. The lowest BCUT2D eigenvalue weighted by atomic mass is 10.1. The number of imidazole rings is 1. The fraction of sp³-hybridized carbons (Fsp3) is 0.286. The molecule has 2 aromatic heterocycles. The van der Waals surface area contributed by atoms with Crippen LogP contribution < -0.4 is 9.47 Å². The first-order valence-electron chi connectivity index (χ1n) is 12.0. The minimum atomic E-state index is 0.0625. The second kappa shape index (κ2) is 10.6. The molecule has 5 rings (SSSR count). The molecule has 0 atom stereocenters. The molecule has 4 aromatic rings. The van der Waals surface area contributed by atoms with Gasteiger partial charge >= 0.3 is 0 Å². The maximum atomic E-state index is 13.0. The Balaban J connectivity index is 1.07. The Bertz CT molecular complexity index is 1260. The predicted molar refractivity (Wildman–Crippen MR) is 135 cm³/mol. The summed E-state index contributed by atoms with van der Waals surface area (Å²) in [6, 6.07) is 21.3. The lowest BCUT2D eigenvalue weighted by molar-refractivity contribution is 0.0620. The summed E-state index contributed by atoms with van der Waals surface area (Å²) in [4.78, 5) is 21.8. The average molecular weight is 471 g/mol. The molecular weight excluding hydrogens is 440 g/mol. The van der Waals surface area contributed by atoms with Crippen LogP contribution in [-0.2, 0) is 6.61 Å². The Labute approximate surface area is 205 Å². The largest absolute Gasteiger partial charge is 0.492 e. The molecule has 7 heteroatoms. The number of carbonyl (C=O) groups excluding carboxylic acids is 1. The summed E-state index contributed by atoms with van der Waals surface area (Å²) in [5.74, 6) is 1.67. The summed E-state index contributed by atoms with van der Waals surface area (Å²) in [7, 11) is 0. The summed E-state index contributed by atoms with van der Waals surface area (Å²) in [5.41, 5.74) is 3.63. The van der Waals surface area contributed by atoms with Gasteiger partial charge in [0.2, 0.25) is 0 Å². The molecule has 1 aliphatic rings. The number of ether oxygens (including phenoxy) is 2. The van der Waals surface area contributed by atoms with Crippen molar-refractivity contribution in [1.29, 1.82) is 0 Å². The van der Waals surface area contributed by atoms with E-state index in [9.17, 15) is 4.79 Å². The molecule has 180 valence electrons. The van der Waals surface area contributed by atoms with Gasteiger partial charge in [-0.05, 0) is 55.0 Å². The standard InChI is InChI=1S/C28H30N4O3/c1-22-7-12-27-29-24(20-32(27)19-22)21-35-26-10-8-23(9-11-26)28(33)31-15-13-30(14-16-31)17-18-34-25-5-3-2-4-6-25/h2-12,19-20H,13-18,21H2,1H3. The highest BCUT2D eigenvalue weighted by Gasteiger charge is 2.22. The number of benzene rings is 2. The van der Waals surface area contributed by atoms with Crippen molar-refractivity contribution in [3.63, 3.8) is 0 Å². The van der Waals surface area contributed by atoms with Crippen molar-refractivity contribution in [1.82, 2.24) is 19.2 Å². The molecule has 1 fully saturated rings. The van der Waals surface area contributed by atoms with E-state index in [2.05, 4.69) is 16.8 Å². The van der Waals surface area contributed by atoms with Crippen LogP contribution in [0.3, 0.4) is 0 Å². The smallest absolute Gasteiger partial charge is 0.253 e. The second-order valence-electron chi connectivity index (χ2n) is 8.81. The van der Waals surface area contributed by atoms with Gasteiger partial charge in [0.05, 0.1) is 5.69 Å². The molecule has 1 amide bonds. The van der Waals surface area contributed by atoms with Gasteiger partial charge in [0, 0.05) is 50.7 Å². The lowest BCUT2D eigenvalue weighted by Gasteiger charge is -2.34. The van der Waals surface area contributed by atoms with Gasteiger partial charge < -0.3 is 18.8 Å². The third-order valence-electron chi connectivity index (χ3n) is 6.22. The normalized spacial score (nSPS) is 14.3. The number of amides is 1. The van der Waals surface area contributed by atoms with Crippen LogP contribution in [0.25, 0.3) is 5.65 Å². The zero-order chi connectivity index (χ0) is 24.0. The van der Waals surface area contributed by atoms with E-state index in [0.29, 0.717) is 18.8 Å². The van der Waals surface area contributed by atoms with Gasteiger partial charge in [0.1, 0.15) is 30.4 Å². The molecule has 0 unspecified atom stereocenters. The van der Waals surface area contributed by atoms with E-state index < -0.39 is 0 Å². The molecule has 1 aliphatic heterocycles. The molecule has 0 spiro atoms. The monoisotopic (exact) mass is 470 g/mol. The molecular formula is C28H30N4O3. The Morgan fingerprint density at radius 2 is 1.60 bits per heavy atom. The molecule has 3 heterocycles. The van der Waals surface area contributed by atoms with E-state index in [4.69, 9.17) is 9.47 Å². The number of pyridine rings is 1. The van der Waals surface area contributed by atoms with Crippen LogP contribution in [0.4, 0.5) is 0 Å². The van der Waals surface area contributed by atoms with E-state index in [1.165, 1.54) is 5.56 Å². The molecule has 0 aliphatic carbocycles. The number of aromatic nitrogens is 2. The quantitative estimate of drug-likeness (QED) is 0.389. The van der Waals surface area contributed by atoms with Gasteiger partial charge in [-0.15, -0.1) is 0 Å². The van der Waals surface area contributed by atoms with Gasteiger partial charge in [0.15, 0.2) is 0 Å². The first-order valence-corrected chi connectivity index (χ1v) is 12.0. The number of hydrogen-bond donors (Lipinski definition) is 0. The number of piperazine rings is 1. The van der Waals surface area contributed by atoms with Crippen molar-refractivity contribution in [3.05, 3.63) is 95.9 Å². The number of para-hydroxylation sites is 1. The molecule has 2 aromatic carbocycles. The van der Waals surface area contributed by atoms with Crippen molar-refractivity contribution in [3.8, 4) is 11.5 Å². The second-order valence-corrected chi connectivity index (χ2v) is 8.81. The van der Waals surface area contributed by atoms with Gasteiger partial charge in [0.25, 0.3) is 5.91 Å². The minimum Gasteiger partial charge on any atom is -0.492 e. The van der Waals surface area contributed by atoms with Crippen molar-refractivity contribution >= 4 is 11.6 Å². The Morgan fingerprint density at radius 1 is 0.857 bits per heavy atom. The maximum absolute atomic E-state index is 13.0. The topological polar surface area (TPSA) is 59.3 Å². The summed E-state index contributed by atoms with van der Waals surface area (Å²) >= 11 is 0.